The summed E-state index contributed by atoms with van der Waals surface area (Å²) in [6.45, 7) is -0.816. The highest BCUT2D eigenvalue weighted by Gasteiger charge is 2.31. The fraction of sp³-hybridized carbons (Fsp3) is 0.625. The molecule has 0 aromatic rings. The zero-order valence-electron chi connectivity index (χ0n) is 7.80. The van der Waals surface area contributed by atoms with Gasteiger partial charge in [0.05, 0.1) is 6.61 Å². The maximum Gasteiger partial charge on any atom is 0.345 e. The summed E-state index contributed by atoms with van der Waals surface area (Å²) in [4.78, 5) is 32.8. The van der Waals surface area contributed by atoms with E-state index in [1.165, 1.54) is 0 Å². The van der Waals surface area contributed by atoms with E-state index in [0.717, 1.165) is 0 Å². The molecule has 15 heavy (non-hydrogen) atoms. The fourth-order valence-electron chi connectivity index (χ4n) is 1.10. The van der Waals surface area contributed by atoms with Crippen LogP contribution in [0.4, 0.5) is 0 Å². The first kappa shape index (κ1) is 11.6. The van der Waals surface area contributed by atoms with Crippen molar-refractivity contribution in [3.8, 4) is 0 Å². The average Bonchev–Trinajstić information content (AvgIpc) is 2.63. The molecule has 3 N–H and O–H groups in total. The van der Waals surface area contributed by atoms with Crippen LogP contribution in [0.15, 0.2) is 0 Å². The molecule has 0 spiro atoms. The minimum atomic E-state index is -1.73. The second kappa shape index (κ2) is 4.85. The van der Waals surface area contributed by atoms with E-state index in [1.54, 1.807) is 0 Å². The van der Waals surface area contributed by atoms with Gasteiger partial charge in [-0.15, -0.1) is 0 Å². The monoisotopic (exact) mass is 217 g/mol. The minimum Gasteiger partial charge on any atom is -0.393 e. The lowest BCUT2D eigenvalue weighted by Gasteiger charge is -2.10. The number of carbonyl (C=O) groups is 3. The molecule has 2 atom stereocenters. The van der Waals surface area contributed by atoms with Crippen molar-refractivity contribution in [2.75, 3.05) is 6.61 Å². The highest BCUT2D eigenvalue weighted by Crippen LogP contribution is 2.08. The molecule has 7 heteroatoms. The van der Waals surface area contributed by atoms with Gasteiger partial charge in [-0.05, 0) is 6.42 Å². The zero-order chi connectivity index (χ0) is 11.4. The van der Waals surface area contributed by atoms with E-state index >= 15 is 0 Å². The lowest BCUT2D eigenvalue weighted by atomic mass is 10.2. The lowest BCUT2D eigenvalue weighted by Crippen LogP contribution is -2.38. The van der Waals surface area contributed by atoms with Crippen molar-refractivity contribution in [3.05, 3.63) is 0 Å². The Kier molecular flexibility index (Phi) is 3.75. The number of hydrogen-bond donors (Lipinski definition) is 3. The van der Waals surface area contributed by atoms with Gasteiger partial charge in [-0.2, -0.15) is 0 Å². The first-order valence-electron chi connectivity index (χ1n) is 4.38. The smallest absolute Gasteiger partial charge is 0.345 e. The van der Waals surface area contributed by atoms with Crippen molar-refractivity contribution in [2.45, 2.75) is 25.0 Å². The lowest BCUT2D eigenvalue weighted by molar-refractivity contribution is -0.168. The minimum absolute atomic E-state index is 0.205. The summed E-state index contributed by atoms with van der Waals surface area (Å²) in [6, 6.07) is -0.840. The van der Waals surface area contributed by atoms with Crippen LogP contribution in [0.25, 0.3) is 0 Å². The molecular formula is C8H11NO6. The van der Waals surface area contributed by atoms with Crippen molar-refractivity contribution in [1.82, 2.24) is 5.32 Å². The van der Waals surface area contributed by atoms with Gasteiger partial charge in [0, 0.05) is 6.42 Å². The Labute approximate surface area is 85.0 Å². The molecule has 0 aliphatic carbocycles. The molecule has 1 aliphatic rings. The third-order valence-electron chi connectivity index (χ3n) is 1.93. The Bertz CT molecular complexity index is 289. The van der Waals surface area contributed by atoms with Gasteiger partial charge < -0.3 is 20.3 Å². The van der Waals surface area contributed by atoms with E-state index in [0.29, 0.717) is 0 Å². The largest absolute Gasteiger partial charge is 0.393 e. The van der Waals surface area contributed by atoms with Crippen molar-refractivity contribution < 1.29 is 29.3 Å². The van der Waals surface area contributed by atoms with Crippen LogP contribution < -0.4 is 5.32 Å². The third-order valence-corrected chi connectivity index (χ3v) is 1.93. The molecule has 1 aliphatic heterocycles. The van der Waals surface area contributed by atoms with E-state index in [4.69, 9.17) is 10.2 Å². The van der Waals surface area contributed by atoms with Crippen LogP contribution in [0, 0.1) is 0 Å². The molecule has 1 saturated heterocycles. The second-order valence-corrected chi connectivity index (χ2v) is 3.10. The Morgan fingerprint density at radius 1 is 1.60 bits per heavy atom. The van der Waals surface area contributed by atoms with Crippen LogP contribution in [0.2, 0.25) is 0 Å². The Morgan fingerprint density at radius 2 is 2.27 bits per heavy atom. The number of hydrogen-bond acceptors (Lipinski definition) is 6. The molecule has 0 saturated carbocycles. The maximum absolute atomic E-state index is 11.2. The van der Waals surface area contributed by atoms with Crippen LogP contribution in [-0.2, 0) is 19.1 Å². The number of amides is 1. The van der Waals surface area contributed by atoms with Crippen LogP contribution in [-0.4, -0.2) is 46.8 Å². The number of esters is 2. The summed E-state index contributed by atoms with van der Waals surface area (Å²) in [7, 11) is 0. The van der Waals surface area contributed by atoms with Crippen LogP contribution in [0.5, 0.6) is 0 Å². The molecule has 1 fully saturated rings. The quantitative estimate of drug-likeness (QED) is 0.361. The predicted molar refractivity (Wildman–Crippen MR) is 45.4 cm³/mol. The van der Waals surface area contributed by atoms with E-state index < -0.39 is 30.7 Å². The van der Waals surface area contributed by atoms with Gasteiger partial charge in [0.2, 0.25) is 5.91 Å². The zero-order valence-corrected chi connectivity index (χ0v) is 7.80. The van der Waals surface area contributed by atoms with E-state index in [1.807, 2.05) is 0 Å². The highest BCUT2D eigenvalue weighted by atomic mass is 16.6. The molecule has 1 rings (SSSR count). The summed E-state index contributed by atoms with van der Waals surface area (Å²) in [5, 5.41) is 19.5. The molecular weight excluding hydrogens is 206 g/mol. The maximum atomic E-state index is 11.2. The SMILES string of the molecule is O=C1CC[C@@H](C(=O)OC(=O)C(O)CO)N1. The molecule has 0 aromatic heterocycles. The van der Waals surface area contributed by atoms with Gasteiger partial charge in [0.25, 0.3) is 0 Å². The Hall–Kier alpha value is -1.47. The summed E-state index contributed by atoms with van der Waals surface area (Å²) in [6.07, 6.45) is -1.26. The van der Waals surface area contributed by atoms with Gasteiger partial charge >= 0.3 is 11.9 Å². The van der Waals surface area contributed by atoms with Crippen molar-refractivity contribution in [1.29, 1.82) is 0 Å². The molecule has 84 valence electrons. The van der Waals surface area contributed by atoms with Gasteiger partial charge in [-0.3, -0.25) is 4.79 Å². The van der Waals surface area contributed by atoms with Crippen molar-refractivity contribution >= 4 is 17.8 Å². The first-order valence-corrected chi connectivity index (χ1v) is 4.38. The van der Waals surface area contributed by atoms with E-state index in [9.17, 15) is 14.4 Å². The number of ether oxygens (including phenoxy) is 1. The number of nitrogens with one attached hydrogen (secondary N) is 1. The van der Waals surface area contributed by atoms with Gasteiger partial charge in [-0.25, -0.2) is 9.59 Å². The van der Waals surface area contributed by atoms with Gasteiger partial charge in [0.1, 0.15) is 6.04 Å². The summed E-state index contributed by atoms with van der Waals surface area (Å²) in [5.41, 5.74) is 0. The van der Waals surface area contributed by atoms with Gasteiger partial charge in [0.15, 0.2) is 6.10 Å². The normalized spacial score (nSPS) is 22.0. The summed E-state index contributed by atoms with van der Waals surface area (Å²) < 4.78 is 4.23. The van der Waals surface area contributed by atoms with Crippen LogP contribution in [0.1, 0.15) is 12.8 Å². The van der Waals surface area contributed by atoms with Crippen LogP contribution in [0.3, 0.4) is 0 Å². The summed E-state index contributed by atoms with van der Waals surface area (Å²) >= 11 is 0. The molecule has 1 amide bonds. The Morgan fingerprint density at radius 3 is 2.73 bits per heavy atom. The molecule has 0 radical (unpaired) electrons. The standard InChI is InChI=1S/C8H11NO6/c10-3-5(11)8(14)15-7(13)4-1-2-6(12)9-4/h4-5,10-11H,1-3H2,(H,9,12)/t4-,5?/m0/s1. The number of carbonyl (C=O) groups excluding carboxylic acids is 3. The highest BCUT2D eigenvalue weighted by molar-refractivity contribution is 5.94. The average molecular weight is 217 g/mol. The predicted octanol–water partition coefficient (Wildman–Crippen LogP) is -2.31. The van der Waals surface area contributed by atoms with Crippen molar-refractivity contribution in [3.63, 3.8) is 0 Å². The molecule has 7 nitrogen and oxygen atoms in total. The topological polar surface area (TPSA) is 113 Å². The van der Waals surface area contributed by atoms with Crippen molar-refractivity contribution in [2.24, 2.45) is 0 Å². The molecule has 1 unspecified atom stereocenters. The first-order chi connectivity index (χ1) is 7.04. The Balaban J connectivity index is 2.42. The third kappa shape index (κ3) is 3.00. The fourth-order valence-corrected chi connectivity index (χ4v) is 1.10. The molecule has 1 heterocycles. The van der Waals surface area contributed by atoms with E-state index in [-0.39, 0.29) is 18.7 Å². The molecule has 0 bridgehead atoms. The second-order valence-electron chi connectivity index (χ2n) is 3.10. The number of aliphatic hydroxyl groups is 2. The van der Waals surface area contributed by atoms with Gasteiger partial charge in [-0.1, -0.05) is 0 Å². The molecule has 0 aromatic carbocycles. The summed E-state index contributed by atoms with van der Waals surface area (Å²) in [5.74, 6) is -2.42. The number of aliphatic hydroxyl groups excluding tert-OH is 2. The van der Waals surface area contributed by atoms with Crippen LogP contribution >= 0.6 is 0 Å². The number of rotatable bonds is 3. The van der Waals surface area contributed by atoms with E-state index in [2.05, 4.69) is 10.1 Å².